The number of benzene rings is 2. The first-order valence-corrected chi connectivity index (χ1v) is 11.0. The van der Waals surface area contributed by atoms with Gasteiger partial charge in [-0.1, -0.05) is 31.2 Å². The molecule has 1 amide bonds. The van der Waals surface area contributed by atoms with Gasteiger partial charge in [-0.3, -0.25) is 4.79 Å². The number of nitrogens with zero attached hydrogens (tertiary/aromatic N) is 4. The summed E-state index contributed by atoms with van der Waals surface area (Å²) in [5.74, 6) is 0.125. The van der Waals surface area contributed by atoms with Gasteiger partial charge in [0.05, 0.1) is 30.5 Å². The predicted molar refractivity (Wildman–Crippen MR) is 128 cm³/mol. The number of ether oxygens (including phenoxy) is 1. The number of amides is 1. The van der Waals surface area contributed by atoms with Crippen LogP contribution in [0.1, 0.15) is 18.9 Å². The summed E-state index contributed by atoms with van der Waals surface area (Å²) in [7, 11) is 1.70. The molecule has 0 unspecified atom stereocenters. The molecule has 2 N–H and O–H groups in total. The summed E-state index contributed by atoms with van der Waals surface area (Å²) in [5, 5.41) is 14.9. The Morgan fingerprint density at radius 2 is 2.03 bits per heavy atom. The molecule has 0 bridgehead atoms. The Kier molecular flexibility index (Phi) is 6.99. The van der Waals surface area contributed by atoms with Crippen LogP contribution in [0.3, 0.4) is 0 Å². The topological polar surface area (TPSA) is 103 Å². The van der Waals surface area contributed by atoms with Crippen molar-refractivity contribution in [1.82, 2.24) is 9.97 Å². The third-order valence-corrected chi connectivity index (χ3v) is 5.71. The van der Waals surface area contributed by atoms with Gasteiger partial charge in [0.25, 0.3) is 5.91 Å². The van der Waals surface area contributed by atoms with E-state index < -0.39 is 11.9 Å². The summed E-state index contributed by atoms with van der Waals surface area (Å²) in [5.41, 5.74) is 1.70. The Balaban J connectivity index is 1.64. The monoisotopic (exact) mass is 460 g/mol. The van der Waals surface area contributed by atoms with Crippen molar-refractivity contribution in [2.24, 2.45) is 0 Å². The molecule has 34 heavy (non-hydrogen) atoms. The molecule has 174 valence electrons. The number of para-hydroxylation sites is 1. The fourth-order valence-corrected chi connectivity index (χ4v) is 3.83. The van der Waals surface area contributed by atoms with Crippen molar-refractivity contribution in [2.45, 2.75) is 25.5 Å². The van der Waals surface area contributed by atoms with Crippen LogP contribution >= 0.6 is 0 Å². The lowest BCUT2D eigenvalue weighted by atomic mass is 10.1. The van der Waals surface area contributed by atoms with Crippen LogP contribution in [0.25, 0.3) is 11.3 Å². The summed E-state index contributed by atoms with van der Waals surface area (Å²) in [4.78, 5) is 24.0. The van der Waals surface area contributed by atoms with E-state index in [0.717, 1.165) is 6.42 Å². The highest BCUT2D eigenvalue weighted by Crippen LogP contribution is 2.28. The van der Waals surface area contributed by atoms with Crippen molar-refractivity contribution in [2.75, 3.05) is 35.7 Å². The summed E-state index contributed by atoms with van der Waals surface area (Å²) >= 11 is 0. The quantitative estimate of drug-likeness (QED) is 0.576. The summed E-state index contributed by atoms with van der Waals surface area (Å²) in [6.07, 6.45) is 0.0963. The number of nitrogens with one attached hydrogen (secondary N) is 2. The number of anilines is 3. The van der Waals surface area contributed by atoms with Crippen molar-refractivity contribution in [3.63, 3.8) is 0 Å². The molecular formula is C25H25FN6O2. The Bertz CT molecular complexity index is 1210. The summed E-state index contributed by atoms with van der Waals surface area (Å²) < 4.78 is 20.1. The van der Waals surface area contributed by atoms with E-state index in [9.17, 15) is 9.18 Å². The minimum Gasteiger partial charge on any atom is -0.364 e. The molecule has 1 aliphatic rings. The lowest BCUT2D eigenvalue weighted by molar-refractivity contribution is -0.129. The van der Waals surface area contributed by atoms with Gasteiger partial charge in [-0.2, -0.15) is 10.2 Å². The Morgan fingerprint density at radius 1 is 1.24 bits per heavy atom. The van der Waals surface area contributed by atoms with Crippen molar-refractivity contribution in [1.29, 1.82) is 5.26 Å². The fourth-order valence-electron chi connectivity index (χ4n) is 3.83. The maximum Gasteiger partial charge on any atom is 0.255 e. The Labute approximate surface area is 197 Å². The van der Waals surface area contributed by atoms with Gasteiger partial charge in [-0.05, 0) is 30.7 Å². The van der Waals surface area contributed by atoms with Gasteiger partial charge in [-0.15, -0.1) is 0 Å². The van der Waals surface area contributed by atoms with E-state index in [1.807, 2.05) is 48.2 Å². The molecule has 2 heterocycles. The van der Waals surface area contributed by atoms with Gasteiger partial charge in [0.1, 0.15) is 17.7 Å². The third-order valence-electron chi connectivity index (χ3n) is 5.71. The van der Waals surface area contributed by atoms with E-state index in [1.54, 1.807) is 19.2 Å². The molecule has 0 aliphatic carbocycles. The first kappa shape index (κ1) is 23.1. The van der Waals surface area contributed by atoms with Gasteiger partial charge in [0.2, 0.25) is 5.95 Å². The first-order chi connectivity index (χ1) is 16.5. The van der Waals surface area contributed by atoms with E-state index in [2.05, 4.69) is 20.6 Å². The van der Waals surface area contributed by atoms with Gasteiger partial charge >= 0.3 is 0 Å². The van der Waals surface area contributed by atoms with E-state index in [-0.39, 0.29) is 17.5 Å². The average Bonchev–Trinajstić information content (AvgIpc) is 2.88. The molecule has 0 saturated carbocycles. The highest BCUT2D eigenvalue weighted by atomic mass is 19.1. The fraction of sp³-hybridized carbons (Fsp3) is 0.280. The number of rotatable bonds is 6. The molecular weight excluding hydrogens is 435 g/mol. The number of aromatic nitrogens is 2. The van der Waals surface area contributed by atoms with Crippen LogP contribution in [0, 0.1) is 17.1 Å². The molecule has 1 fully saturated rings. The highest BCUT2D eigenvalue weighted by Gasteiger charge is 2.33. The van der Waals surface area contributed by atoms with Crippen molar-refractivity contribution < 1.29 is 13.9 Å². The van der Waals surface area contributed by atoms with Crippen LogP contribution in [0.2, 0.25) is 0 Å². The second-order valence-corrected chi connectivity index (χ2v) is 7.88. The largest absolute Gasteiger partial charge is 0.364 e. The van der Waals surface area contributed by atoms with E-state index in [1.165, 1.54) is 12.1 Å². The molecule has 1 aromatic heterocycles. The molecule has 1 aliphatic heterocycles. The van der Waals surface area contributed by atoms with Crippen LogP contribution in [0.5, 0.6) is 0 Å². The van der Waals surface area contributed by atoms with Gasteiger partial charge in [0.15, 0.2) is 6.10 Å². The van der Waals surface area contributed by atoms with Crippen LogP contribution in [0.4, 0.5) is 21.8 Å². The SMILES string of the molecule is CC[C@@H]1CO[C@H](C(=O)Nc2ccccc2)CN1c1cc(-c2ccc(C#N)c(F)c2)nc(NC)n1. The number of hydrogen-bond acceptors (Lipinski definition) is 7. The normalized spacial score (nSPS) is 17.6. The molecule has 1 saturated heterocycles. The van der Waals surface area contributed by atoms with Gasteiger partial charge in [-0.25, -0.2) is 9.37 Å². The Hall–Kier alpha value is -4.03. The number of halogens is 1. The Morgan fingerprint density at radius 3 is 2.71 bits per heavy atom. The minimum absolute atomic E-state index is 0.00549. The number of nitriles is 1. The van der Waals surface area contributed by atoms with Crippen LogP contribution in [0.15, 0.2) is 54.6 Å². The number of hydrogen-bond donors (Lipinski definition) is 2. The van der Waals surface area contributed by atoms with Crippen molar-refractivity contribution >= 4 is 23.4 Å². The molecule has 2 atom stereocenters. The third kappa shape index (κ3) is 4.97. The van der Waals surface area contributed by atoms with Gasteiger partial charge < -0.3 is 20.3 Å². The minimum atomic E-state index is -0.688. The molecule has 0 radical (unpaired) electrons. The smallest absolute Gasteiger partial charge is 0.255 e. The highest BCUT2D eigenvalue weighted by molar-refractivity contribution is 5.94. The summed E-state index contributed by atoms with van der Waals surface area (Å²) in [6, 6.07) is 17.2. The van der Waals surface area contributed by atoms with Crippen molar-refractivity contribution in [3.8, 4) is 17.3 Å². The average molecular weight is 461 g/mol. The van der Waals surface area contributed by atoms with E-state index in [0.29, 0.717) is 41.9 Å². The van der Waals surface area contributed by atoms with E-state index in [4.69, 9.17) is 10.00 Å². The number of carbonyl (C=O) groups excluding carboxylic acids is 1. The maximum absolute atomic E-state index is 14.3. The van der Waals surface area contributed by atoms with E-state index >= 15 is 0 Å². The molecule has 4 rings (SSSR count). The van der Waals surface area contributed by atoms with Gasteiger partial charge in [0, 0.05) is 24.4 Å². The summed E-state index contributed by atoms with van der Waals surface area (Å²) in [6.45, 7) is 2.71. The first-order valence-electron chi connectivity index (χ1n) is 11.0. The van der Waals surface area contributed by atoms with Crippen LogP contribution in [-0.4, -0.2) is 48.2 Å². The van der Waals surface area contributed by atoms with Crippen LogP contribution in [-0.2, 0) is 9.53 Å². The molecule has 3 aromatic rings. The maximum atomic E-state index is 14.3. The van der Waals surface area contributed by atoms with Crippen molar-refractivity contribution in [3.05, 3.63) is 66.0 Å². The molecule has 0 spiro atoms. The predicted octanol–water partition coefficient (Wildman–Crippen LogP) is 3.82. The number of morpholine rings is 1. The molecule has 9 heteroatoms. The molecule has 2 aromatic carbocycles. The lowest BCUT2D eigenvalue weighted by Gasteiger charge is -2.39. The number of carbonyl (C=O) groups is 1. The van der Waals surface area contributed by atoms with Crippen LogP contribution < -0.4 is 15.5 Å². The lowest BCUT2D eigenvalue weighted by Crippen LogP contribution is -2.53. The zero-order chi connectivity index (χ0) is 24.1. The zero-order valence-corrected chi connectivity index (χ0v) is 19.0. The second kappa shape index (κ2) is 10.3. The standard InChI is InChI=1S/C25H25FN6O2/c1-3-19-15-34-22(24(33)29-18-7-5-4-6-8-18)14-32(19)23-12-21(30-25(28-2)31-23)16-9-10-17(13-27)20(26)11-16/h4-12,19,22H,3,14-15H2,1-2H3,(H,29,33)(H,28,30,31)/t19-,22+/m1/s1. The second-order valence-electron chi connectivity index (χ2n) is 7.88. The molecule has 8 nitrogen and oxygen atoms in total. The zero-order valence-electron chi connectivity index (χ0n) is 19.0.